The van der Waals surface area contributed by atoms with Gasteiger partial charge in [0.05, 0.1) is 6.54 Å². The maximum atomic E-state index is 12.1. The summed E-state index contributed by atoms with van der Waals surface area (Å²) in [5.41, 5.74) is 1.33. The topological polar surface area (TPSA) is 60.5 Å². The van der Waals surface area contributed by atoms with Gasteiger partial charge in [-0.25, -0.2) is 4.98 Å². The van der Waals surface area contributed by atoms with E-state index in [0.29, 0.717) is 13.1 Å². The number of anilines is 1. The molecule has 0 aromatic carbocycles. The monoisotopic (exact) mass is 315 g/mol. The molecule has 0 atom stereocenters. The van der Waals surface area contributed by atoms with E-state index < -0.39 is 0 Å². The van der Waals surface area contributed by atoms with Crippen LogP contribution in [-0.4, -0.2) is 68.1 Å². The van der Waals surface area contributed by atoms with Crippen LogP contribution < -0.4 is 15.5 Å². The molecule has 1 aromatic heterocycles. The van der Waals surface area contributed by atoms with Crippen molar-refractivity contribution in [1.29, 1.82) is 0 Å². The number of hydrogen-bond donors (Lipinski definition) is 2. The van der Waals surface area contributed by atoms with Gasteiger partial charge in [-0.1, -0.05) is 17.7 Å². The van der Waals surface area contributed by atoms with Crippen molar-refractivity contribution in [3.05, 3.63) is 36.0 Å². The van der Waals surface area contributed by atoms with E-state index in [1.54, 1.807) is 0 Å². The SMILES string of the molecule is O=C(CN1CCN(c2ccccn2)CC1)NCC1=CCNCC1. The number of nitrogens with zero attached hydrogens (tertiary/aromatic N) is 3. The summed E-state index contributed by atoms with van der Waals surface area (Å²) in [5.74, 6) is 1.14. The van der Waals surface area contributed by atoms with Gasteiger partial charge in [-0.05, 0) is 25.1 Å². The largest absolute Gasteiger partial charge is 0.354 e. The maximum absolute atomic E-state index is 12.1. The lowest BCUT2D eigenvalue weighted by Gasteiger charge is -2.35. The predicted molar refractivity (Wildman–Crippen MR) is 91.5 cm³/mol. The third-order valence-electron chi connectivity index (χ3n) is 4.38. The number of aromatic nitrogens is 1. The summed E-state index contributed by atoms with van der Waals surface area (Å²) in [5, 5.41) is 6.32. The van der Waals surface area contributed by atoms with E-state index >= 15 is 0 Å². The smallest absolute Gasteiger partial charge is 0.234 e. The normalized spacial score (nSPS) is 19.3. The average Bonchev–Trinajstić information content (AvgIpc) is 2.62. The molecule has 3 rings (SSSR count). The summed E-state index contributed by atoms with van der Waals surface area (Å²) in [4.78, 5) is 21.0. The molecule has 2 aliphatic rings. The Hall–Kier alpha value is -1.92. The molecule has 3 heterocycles. The van der Waals surface area contributed by atoms with Crippen LogP contribution in [0.3, 0.4) is 0 Å². The zero-order valence-corrected chi connectivity index (χ0v) is 13.5. The van der Waals surface area contributed by atoms with Crippen LogP contribution in [0.15, 0.2) is 36.0 Å². The molecule has 0 saturated carbocycles. The molecule has 0 unspecified atom stereocenters. The Morgan fingerprint density at radius 1 is 1.26 bits per heavy atom. The molecule has 1 aromatic rings. The lowest BCUT2D eigenvalue weighted by atomic mass is 10.1. The molecule has 2 aliphatic heterocycles. The third kappa shape index (κ3) is 4.77. The number of carbonyl (C=O) groups excluding carboxylic acids is 1. The molecule has 0 spiro atoms. The van der Waals surface area contributed by atoms with E-state index in [-0.39, 0.29) is 5.91 Å². The molecule has 1 fully saturated rings. The van der Waals surface area contributed by atoms with Gasteiger partial charge in [0, 0.05) is 45.5 Å². The van der Waals surface area contributed by atoms with Gasteiger partial charge >= 0.3 is 0 Å². The Labute approximate surface area is 137 Å². The van der Waals surface area contributed by atoms with E-state index in [9.17, 15) is 4.79 Å². The van der Waals surface area contributed by atoms with Gasteiger partial charge in [-0.3, -0.25) is 9.69 Å². The van der Waals surface area contributed by atoms with Gasteiger partial charge in [-0.15, -0.1) is 0 Å². The van der Waals surface area contributed by atoms with Crippen LogP contribution in [0, 0.1) is 0 Å². The number of pyridine rings is 1. The van der Waals surface area contributed by atoms with Crippen molar-refractivity contribution in [2.45, 2.75) is 6.42 Å². The maximum Gasteiger partial charge on any atom is 0.234 e. The molecule has 124 valence electrons. The van der Waals surface area contributed by atoms with Crippen molar-refractivity contribution < 1.29 is 4.79 Å². The van der Waals surface area contributed by atoms with Crippen molar-refractivity contribution in [3.8, 4) is 0 Å². The minimum Gasteiger partial charge on any atom is -0.354 e. The molecular weight excluding hydrogens is 290 g/mol. The van der Waals surface area contributed by atoms with Gasteiger partial charge < -0.3 is 15.5 Å². The molecule has 6 nitrogen and oxygen atoms in total. The number of amides is 1. The van der Waals surface area contributed by atoms with E-state index in [4.69, 9.17) is 0 Å². The summed E-state index contributed by atoms with van der Waals surface area (Å²) in [6.45, 7) is 6.74. The number of hydrogen-bond acceptors (Lipinski definition) is 5. The van der Waals surface area contributed by atoms with Crippen molar-refractivity contribution >= 4 is 11.7 Å². The van der Waals surface area contributed by atoms with E-state index in [1.807, 2.05) is 24.4 Å². The highest BCUT2D eigenvalue weighted by Crippen LogP contribution is 2.12. The first-order valence-corrected chi connectivity index (χ1v) is 8.35. The second-order valence-corrected chi connectivity index (χ2v) is 6.04. The van der Waals surface area contributed by atoms with Crippen LogP contribution in [-0.2, 0) is 4.79 Å². The highest BCUT2D eigenvalue weighted by molar-refractivity contribution is 5.78. The molecular formula is C17H25N5O. The minimum absolute atomic E-state index is 0.121. The number of rotatable bonds is 5. The fraction of sp³-hybridized carbons (Fsp3) is 0.529. The highest BCUT2D eigenvalue weighted by atomic mass is 16.2. The van der Waals surface area contributed by atoms with E-state index in [0.717, 1.165) is 51.5 Å². The first kappa shape index (κ1) is 16.0. The van der Waals surface area contributed by atoms with Gasteiger partial charge in [0.25, 0.3) is 0 Å². The zero-order chi connectivity index (χ0) is 15.9. The third-order valence-corrected chi connectivity index (χ3v) is 4.38. The summed E-state index contributed by atoms with van der Waals surface area (Å²) in [6.07, 6.45) is 5.03. The van der Waals surface area contributed by atoms with Gasteiger partial charge in [0.2, 0.25) is 5.91 Å². The predicted octanol–water partition coefficient (Wildman–Crippen LogP) is 0.240. The van der Waals surface area contributed by atoms with Crippen LogP contribution in [0.2, 0.25) is 0 Å². The van der Waals surface area contributed by atoms with Crippen molar-refractivity contribution in [3.63, 3.8) is 0 Å². The van der Waals surface area contributed by atoms with E-state index in [2.05, 4.69) is 31.5 Å². The van der Waals surface area contributed by atoms with Crippen molar-refractivity contribution in [2.75, 3.05) is 57.3 Å². The van der Waals surface area contributed by atoms with Gasteiger partial charge in [0.15, 0.2) is 0 Å². The Bertz CT molecular complexity index is 537. The fourth-order valence-electron chi connectivity index (χ4n) is 2.98. The van der Waals surface area contributed by atoms with Crippen LogP contribution in [0.5, 0.6) is 0 Å². The lowest BCUT2D eigenvalue weighted by molar-refractivity contribution is -0.122. The Balaban J connectivity index is 1.38. The zero-order valence-electron chi connectivity index (χ0n) is 13.5. The molecule has 0 bridgehead atoms. The molecule has 2 N–H and O–H groups in total. The first-order chi connectivity index (χ1) is 11.3. The van der Waals surface area contributed by atoms with Crippen LogP contribution in [0.25, 0.3) is 0 Å². The molecule has 0 aliphatic carbocycles. The Morgan fingerprint density at radius 3 is 2.83 bits per heavy atom. The van der Waals surface area contributed by atoms with Crippen molar-refractivity contribution in [2.24, 2.45) is 0 Å². The van der Waals surface area contributed by atoms with Crippen molar-refractivity contribution in [1.82, 2.24) is 20.5 Å². The quantitative estimate of drug-likeness (QED) is 0.762. The number of nitrogens with one attached hydrogen (secondary N) is 2. The molecule has 1 saturated heterocycles. The summed E-state index contributed by atoms with van der Waals surface area (Å²) in [7, 11) is 0. The molecule has 23 heavy (non-hydrogen) atoms. The lowest BCUT2D eigenvalue weighted by Crippen LogP contribution is -2.49. The second-order valence-electron chi connectivity index (χ2n) is 6.04. The molecule has 6 heteroatoms. The number of piperazine rings is 1. The minimum atomic E-state index is 0.121. The Kier molecular flexibility index (Phi) is 5.60. The first-order valence-electron chi connectivity index (χ1n) is 8.35. The summed E-state index contributed by atoms with van der Waals surface area (Å²) in [6, 6.07) is 5.98. The molecule has 1 amide bonds. The number of carbonyl (C=O) groups is 1. The molecule has 0 radical (unpaired) electrons. The van der Waals surface area contributed by atoms with Gasteiger partial charge in [0.1, 0.15) is 5.82 Å². The van der Waals surface area contributed by atoms with Gasteiger partial charge in [-0.2, -0.15) is 0 Å². The average molecular weight is 315 g/mol. The van der Waals surface area contributed by atoms with E-state index in [1.165, 1.54) is 5.57 Å². The van der Waals surface area contributed by atoms with Crippen LogP contribution in [0.4, 0.5) is 5.82 Å². The second kappa shape index (κ2) is 8.08. The van der Waals surface area contributed by atoms with Crippen LogP contribution in [0.1, 0.15) is 6.42 Å². The summed E-state index contributed by atoms with van der Waals surface area (Å²) >= 11 is 0. The van der Waals surface area contributed by atoms with Crippen LogP contribution >= 0.6 is 0 Å². The highest BCUT2D eigenvalue weighted by Gasteiger charge is 2.19. The standard InChI is InChI=1S/C17H25N5O/c23-17(20-13-15-4-7-18-8-5-15)14-21-9-11-22(12-10-21)16-3-1-2-6-19-16/h1-4,6,18H,5,7-14H2,(H,20,23). The fourth-order valence-corrected chi connectivity index (χ4v) is 2.98. The summed E-state index contributed by atoms with van der Waals surface area (Å²) < 4.78 is 0. The Morgan fingerprint density at radius 2 is 2.13 bits per heavy atom.